The van der Waals surface area contributed by atoms with E-state index in [-0.39, 0.29) is 12.5 Å². The van der Waals surface area contributed by atoms with Crippen molar-refractivity contribution in [3.8, 4) is 0 Å². The van der Waals surface area contributed by atoms with E-state index < -0.39 is 12.1 Å². The third-order valence-electron chi connectivity index (χ3n) is 11.9. The Bertz CT molecular complexity index is 923. The first-order chi connectivity index (χ1) is 28.7. The number of rotatable bonds is 47. The van der Waals surface area contributed by atoms with Crippen LogP contribution in [0.1, 0.15) is 271 Å². The molecule has 0 spiro atoms. The number of nitrogens with one attached hydrogen (secondary N) is 1. The smallest absolute Gasteiger partial charge is 0.220 e. The van der Waals surface area contributed by atoms with E-state index in [9.17, 15) is 15.0 Å². The monoisotopic (exact) mass is 812 g/mol. The molecule has 0 saturated heterocycles. The molecular weight excluding hydrogens is 711 g/mol. The number of amides is 1. The Morgan fingerprint density at radius 2 is 0.759 bits per heavy atom. The van der Waals surface area contributed by atoms with Gasteiger partial charge in [0.05, 0.1) is 18.8 Å². The molecular formula is C54H101NO3. The summed E-state index contributed by atoms with van der Waals surface area (Å²) in [6.45, 7) is 4.24. The number of hydrogen-bond donors (Lipinski definition) is 3. The van der Waals surface area contributed by atoms with Gasteiger partial charge in [-0.15, -0.1) is 0 Å². The topological polar surface area (TPSA) is 69.6 Å². The van der Waals surface area contributed by atoms with E-state index in [4.69, 9.17) is 0 Å². The summed E-state index contributed by atoms with van der Waals surface area (Å²) >= 11 is 0. The minimum absolute atomic E-state index is 0.0702. The number of unbranched alkanes of at least 4 members (excludes halogenated alkanes) is 32. The van der Waals surface area contributed by atoms with Gasteiger partial charge in [0.2, 0.25) is 5.91 Å². The Morgan fingerprint density at radius 3 is 1.10 bits per heavy atom. The second-order valence-corrected chi connectivity index (χ2v) is 17.6. The molecule has 0 saturated carbocycles. The highest BCUT2D eigenvalue weighted by molar-refractivity contribution is 5.76. The molecule has 0 aromatic heterocycles. The zero-order valence-corrected chi connectivity index (χ0v) is 39.1. The van der Waals surface area contributed by atoms with Crippen molar-refractivity contribution >= 4 is 5.91 Å². The summed E-state index contributed by atoms with van der Waals surface area (Å²) in [5.74, 6) is -0.0702. The average Bonchev–Trinajstić information content (AvgIpc) is 3.23. The molecule has 0 heterocycles. The van der Waals surface area contributed by atoms with Crippen molar-refractivity contribution in [1.82, 2.24) is 5.32 Å². The fourth-order valence-electron chi connectivity index (χ4n) is 7.94. The summed E-state index contributed by atoms with van der Waals surface area (Å²) < 4.78 is 0. The van der Waals surface area contributed by atoms with Crippen LogP contribution in [0.5, 0.6) is 0 Å². The molecule has 1 amide bonds. The van der Waals surface area contributed by atoms with E-state index in [1.165, 1.54) is 186 Å². The molecule has 0 aromatic rings. The second kappa shape index (κ2) is 49.7. The summed E-state index contributed by atoms with van der Waals surface area (Å²) in [4.78, 5) is 12.4. The number of hydrogen-bond acceptors (Lipinski definition) is 3. The van der Waals surface area contributed by atoms with E-state index in [1.807, 2.05) is 0 Å². The van der Waals surface area contributed by atoms with Crippen molar-refractivity contribution in [3.63, 3.8) is 0 Å². The highest BCUT2D eigenvalue weighted by atomic mass is 16.3. The number of aliphatic hydroxyl groups is 2. The van der Waals surface area contributed by atoms with Crippen molar-refractivity contribution in [2.45, 2.75) is 283 Å². The first-order valence-electron chi connectivity index (χ1n) is 25.8. The van der Waals surface area contributed by atoms with Crippen molar-refractivity contribution in [2.24, 2.45) is 0 Å². The predicted octanol–water partition coefficient (Wildman–Crippen LogP) is 16.7. The van der Waals surface area contributed by atoms with Crippen LogP contribution in [-0.4, -0.2) is 34.9 Å². The third kappa shape index (κ3) is 45.4. The average molecular weight is 812 g/mol. The molecule has 0 rings (SSSR count). The molecule has 0 aromatic carbocycles. The Labute approximate surface area is 363 Å². The van der Waals surface area contributed by atoms with Crippen LogP contribution < -0.4 is 5.32 Å². The van der Waals surface area contributed by atoms with Crippen molar-refractivity contribution in [1.29, 1.82) is 0 Å². The summed E-state index contributed by atoms with van der Waals surface area (Å²) in [5, 5.41) is 23.2. The summed E-state index contributed by atoms with van der Waals surface area (Å²) in [6.07, 6.45) is 68.1. The van der Waals surface area contributed by atoms with Gasteiger partial charge in [-0.3, -0.25) is 4.79 Å². The van der Waals surface area contributed by atoms with Gasteiger partial charge >= 0.3 is 0 Å². The zero-order valence-electron chi connectivity index (χ0n) is 39.1. The minimum atomic E-state index is -0.679. The standard InChI is InChI=1S/C54H101NO3/c1-3-5-7-9-11-13-15-17-19-20-21-22-23-24-25-26-27-28-29-30-31-32-33-34-36-37-39-41-43-45-47-49-53(57)52(51-56)55-54(58)50-48-46-44-42-40-38-35-18-16-14-12-10-8-6-4-2/h6,8,12,14,18,35,40,42,52-53,56-57H,3-5,7,9-11,13,15-17,19-34,36-39,41,43-51H2,1-2H3,(H,55,58)/b8-6-,14-12-,35-18-,42-40-. The van der Waals surface area contributed by atoms with Crippen LogP contribution >= 0.6 is 0 Å². The van der Waals surface area contributed by atoms with E-state index in [0.29, 0.717) is 12.8 Å². The highest BCUT2D eigenvalue weighted by Gasteiger charge is 2.20. The SMILES string of the molecule is CC/C=C\C/C=C\C/C=C\C/C=C\CCCCC(=O)NC(CO)C(O)CCCCCCCCCCCCCCCCCCCCCCCCCCCCCCCCC. The largest absolute Gasteiger partial charge is 0.394 e. The Hall–Kier alpha value is -1.65. The van der Waals surface area contributed by atoms with E-state index in [1.54, 1.807) is 0 Å². The lowest BCUT2D eigenvalue weighted by atomic mass is 10.0. The van der Waals surface area contributed by atoms with Gasteiger partial charge in [-0.25, -0.2) is 0 Å². The van der Waals surface area contributed by atoms with Gasteiger partial charge in [-0.05, 0) is 51.4 Å². The van der Waals surface area contributed by atoms with Crippen molar-refractivity contribution in [2.75, 3.05) is 6.61 Å². The van der Waals surface area contributed by atoms with Crippen LogP contribution in [-0.2, 0) is 4.79 Å². The number of carbonyl (C=O) groups is 1. The first kappa shape index (κ1) is 56.4. The van der Waals surface area contributed by atoms with E-state index >= 15 is 0 Å². The lowest BCUT2D eigenvalue weighted by molar-refractivity contribution is -0.123. The molecule has 4 heteroatoms. The Morgan fingerprint density at radius 1 is 0.431 bits per heavy atom. The van der Waals surface area contributed by atoms with Gasteiger partial charge in [0.1, 0.15) is 0 Å². The second-order valence-electron chi connectivity index (χ2n) is 17.6. The quantitative estimate of drug-likeness (QED) is 0.0423. The maximum absolute atomic E-state index is 12.4. The third-order valence-corrected chi connectivity index (χ3v) is 11.9. The van der Waals surface area contributed by atoms with Gasteiger partial charge < -0.3 is 15.5 Å². The van der Waals surface area contributed by atoms with Gasteiger partial charge in [0, 0.05) is 6.42 Å². The van der Waals surface area contributed by atoms with Gasteiger partial charge in [0.25, 0.3) is 0 Å². The van der Waals surface area contributed by atoms with Crippen molar-refractivity contribution in [3.05, 3.63) is 48.6 Å². The minimum Gasteiger partial charge on any atom is -0.394 e. The zero-order chi connectivity index (χ0) is 42.1. The molecule has 0 bridgehead atoms. The highest BCUT2D eigenvalue weighted by Crippen LogP contribution is 2.17. The van der Waals surface area contributed by atoms with E-state index in [0.717, 1.165) is 57.8 Å². The maximum Gasteiger partial charge on any atom is 0.220 e. The van der Waals surface area contributed by atoms with E-state index in [2.05, 4.69) is 67.8 Å². The predicted molar refractivity (Wildman–Crippen MR) is 258 cm³/mol. The van der Waals surface area contributed by atoms with Crippen LogP contribution in [0.3, 0.4) is 0 Å². The molecule has 0 radical (unpaired) electrons. The van der Waals surface area contributed by atoms with Crippen LogP contribution in [0.15, 0.2) is 48.6 Å². The van der Waals surface area contributed by atoms with Crippen LogP contribution in [0.2, 0.25) is 0 Å². The first-order valence-corrected chi connectivity index (χ1v) is 25.8. The van der Waals surface area contributed by atoms with Crippen molar-refractivity contribution < 1.29 is 15.0 Å². The summed E-state index contributed by atoms with van der Waals surface area (Å²) in [5.41, 5.74) is 0. The molecule has 0 aliphatic heterocycles. The lowest BCUT2D eigenvalue weighted by Gasteiger charge is -2.22. The number of aliphatic hydroxyl groups excluding tert-OH is 2. The molecule has 3 N–H and O–H groups in total. The molecule has 58 heavy (non-hydrogen) atoms. The molecule has 0 aliphatic carbocycles. The number of allylic oxidation sites excluding steroid dienone is 8. The molecule has 340 valence electrons. The summed E-state index contributed by atoms with van der Waals surface area (Å²) in [6, 6.07) is -0.560. The van der Waals surface area contributed by atoms with Gasteiger partial charge in [0.15, 0.2) is 0 Å². The van der Waals surface area contributed by atoms with Crippen LogP contribution in [0.25, 0.3) is 0 Å². The van der Waals surface area contributed by atoms with Crippen LogP contribution in [0, 0.1) is 0 Å². The van der Waals surface area contributed by atoms with Gasteiger partial charge in [-0.2, -0.15) is 0 Å². The Kier molecular flexibility index (Phi) is 48.3. The molecule has 4 nitrogen and oxygen atoms in total. The molecule has 0 aliphatic rings. The molecule has 0 fully saturated rings. The molecule has 2 unspecified atom stereocenters. The number of carbonyl (C=O) groups excluding carboxylic acids is 1. The molecule has 2 atom stereocenters. The fourth-order valence-corrected chi connectivity index (χ4v) is 7.94. The fraction of sp³-hybridized carbons (Fsp3) is 0.833. The normalized spacial score (nSPS) is 13.2. The maximum atomic E-state index is 12.4. The lowest BCUT2D eigenvalue weighted by Crippen LogP contribution is -2.45. The summed E-state index contributed by atoms with van der Waals surface area (Å²) in [7, 11) is 0. The van der Waals surface area contributed by atoms with Crippen LogP contribution in [0.4, 0.5) is 0 Å². The van der Waals surface area contributed by atoms with Gasteiger partial charge in [-0.1, -0.05) is 262 Å². The Balaban J connectivity index is 3.44.